The topological polar surface area (TPSA) is 78.9 Å². The Labute approximate surface area is 261 Å². The third-order valence-electron chi connectivity index (χ3n) is 9.22. The second kappa shape index (κ2) is 15.9. The van der Waals surface area contributed by atoms with Crippen LogP contribution in [0.2, 0.25) is 0 Å². The third kappa shape index (κ3) is 8.24. The molecule has 4 aliphatic heterocycles. The molecule has 0 amide bonds. The molecule has 2 saturated heterocycles. The van der Waals surface area contributed by atoms with Crippen molar-refractivity contribution >= 4 is 5.78 Å². The largest absolute Gasteiger partial charge is 0.493 e. The zero-order valence-corrected chi connectivity index (χ0v) is 26.0. The van der Waals surface area contributed by atoms with Crippen molar-refractivity contribution in [2.45, 2.75) is 50.4 Å². The van der Waals surface area contributed by atoms with Crippen molar-refractivity contribution < 1.29 is 33.2 Å². The van der Waals surface area contributed by atoms with Gasteiger partial charge in [-0.3, -0.25) is 14.6 Å². The molecule has 0 saturated carbocycles. The van der Waals surface area contributed by atoms with E-state index in [9.17, 15) is 4.79 Å². The molecule has 2 aromatic carbocycles. The maximum Gasteiger partial charge on any atom is 0.148 e. The summed E-state index contributed by atoms with van der Waals surface area (Å²) in [5.41, 5.74) is 1.93. The maximum atomic E-state index is 14.0. The number of fused-ring (bicyclic) bond motifs is 2. The lowest BCUT2D eigenvalue weighted by molar-refractivity contribution is -0.123. The lowest BCUT2D eigenvalue weighted by Crippen LogP contribution is -2.36. The van der Waals surface area contributed by atoms with Crippen molar-refractivity contribution in [2.24, 2.45) is 0 Å². The molecule has 0 N–H and O–H groups in total. The molecule has 9 nitrogen and oxygen atoms in total. The lowest BCUT2D eigenvalue weighted by atomic mass is 9.78. The molecule has 0 spiro atoms. The van der Waals surface area contributed by atoms with Crippen LogP contribution in [0.3, 0.4) is 0 Å². The average Bonchev–Trinajstić information content (AvgIpc) is 3.08. The molecular formula is C35H48N2O7. The Balaban J connectivity index is 0.994. The Kier molecular flexibility index (Phi) is 11.3. The van der Waals surface area contributed by atoms with Crippen LogP contribution in [0.4, 0.5) is 0 Å². The summed E-state index contributed by atoms with van der Waals surface area (Å²) in [6, 6.07) is 11.9. The van der Waals surface area contributed by atoms with E-state index in [0.717, 1.165) is 126 Å². The van der Waals surface area contributed by atoms with E-state index in [1.807, 2.05) is 36.4 Å². The Morgan fingerprint density at radius 3 is 1.55 bits per heavy atom. The van der Waals surface area contributed by atoms with Crippen LogP contribution >= 0.6 is 0 Å². The van der Waals surface area contributed by atoms with Crippen molar-refractivity contribution in [3.63, 3.8) is 0 Å². The van der Waals surface area contributed by atoms with E-state index in [4.69, 9.17) is 28.4 Å². The first kappa shape index (κ1) is 31.1. The van der Waals surface area contributed by atoms with Gasteiger partial charge in [0.05, 0.1) is 64.7 Å². The highest BCUT2D eigenvalue weighted by Crippen LogP contribution is 2.43. The Bertz CT molecular complexity index is 1120. The summed E-state index contributed by atoms with van der Waals surface area (Å²) in [7, 11) is 0. The summed E-state index contributed by atoms with van der Waals surface area (Å²) in [5.74, 6) is 2.99. The molecule has 240 valence electrons. The van der Waals surface area contributed by atoms with E-state index in [-0.39, 0.29) is 17.6 Å². The number of ether oxygens (including phenoxy) is 6. The molecule has 4 aliphatic rings. The SMILES string of the molecule is O=C(C1CCOc2cc(OCCCCN3CCOCC3)ccc21)C1CCOc2cc(OCCCCN3CCOCC3)ccc21. The smallest absolute Gasteiger partial charge is 0.148 e. The van der Waals surface area contributed by atoms with E-state index in [1.54, 1.807) is 0 Å². The number of carbonyl (C=O) groups excluding carboxylic acids is 1. The van der Waals surface area contributed by atoms with Crippen LogP contribution in [0.25, 0.3) is 0 Å². The zero-order chi connectivity index (χ0) is 30.0. The second-order valence-corrected chi connectivity index (χ2v) is 12.2. The van der Waals surface area contributed by atoms with E-state index < -0.39 is 0 Å². The van der Waals surface area contributed by atoms with Gasteiger partial charge in [-0.2, -0.15) is 0 Å². The fraction of sp³-hybridized carbons (Fsp3) is 0.629. The molecular weight excluding hydrogens is 560 g/mol. The van der Waals surface area contributed by atoms with E-state index in [1.165, 1.54) is 0 Å². The minimum Gasteiger partial charge on any atom is -0.493 e. The molecule has 9 heteroatoms. The van der Waals surface area contributed by atoms with Gasteiger partial charge >= 0.3 is 0 Å². The summed E-state index contributed by atoms with van der Waals surface area (Å²) in [4.78, 5) is 18.9. The first-order valence-electron chi connectivity index (χ1n) is 16.7. The molecule has 2 fully saturated rings. The van der Waals surface area contributed by atoms with Gasteiger partial charge in [0.1, 0.15) is 28.8 Å². The van der Waals surface area contributed by atoms with Gasteiger partial charge in [0, 0.05) is 49.4 Å². The third-order valence-corrected chi connectivity index (χ3v) is 9.22. The van der Waals surface area contributed by atoms with Gasteiger partial charge in [-0.25, -0.2) is 0 Å². The molecule has 0 aromatic heterocycles. The van der Waals surface area contributed by atoms with Crippen molar-refractivity contribution in [1.29, 1.82) is 0 Å². The Hall–Kier alpha value is -2.85. The minimum absolute atomic E-state index is 0.195. The van der Waals surface area contributed by atoms with Gasteiger partial charge in [-0.05, 0) is 63.7 Å². The van der Waals surface area contributed by atoms with Gasteiger partial charge in [0.25, 0.3) is 0 Å². The van der Waals surface area contributed by atoms with Crippen LogP contribution in [0.1, 0.15) is 61.5 Å². The number of hydrogen-bond acceptors (Lipinski definition) is 9. The predicted molar refractivity (Wildman–Crippen MR) is 168 cm³/mol. The van der Waals surface area contributed by atoms with Crippen molar-refractivity contribution in [3.8, 4) is 23.0 Å². The van der Waals surface area contributed by atoms with Crippen LogP contribution < -0.4 is 18.9 Å². The summed E-state index contributed by atoms with van der Waals surface area (Å²) < 4.78 is 35.0. The van der Waals surface area contributed by atoms with E-state index in [0.29, 0.717) is 39.3 Å². The Morgan fingerprint density at radius 1 is 0.636 bits per heavy atom. The first-order chi connectivity index (χ1) is 21.7. The number of ketones is 1. The van der Waals surface area contributed by atoms with Gasteiger partial charge in [-0.1, -0.05) is 12.1 Å². The van der Waals surface area contributed by atoms with Gasteiger partial charge in [0.15, 0.2) is 0 Å². The number of nitrogens with zero attached hydrogens (tertiary/aromatic N) is 2. The van der Waals surface area contributed by atoms with Gasteiger partial charge < -0.3 is 28.4 Å². The molecule has 4 heterocycles. The first-order valence-corrected chi connectivity index (χ1v) is 16.7. The molecule has 6 rings (SSSR count). The molecule has 2 unspecified atom stereocenters. The van der Waals surface area contributed by atoms with Crippen LogP contribution in [-0.2, 0) is 14.3 Å². The number of carbonyl (C=O) groups is 1. The fourth-order valence-corrected chi connectivity index (χ4v) is 6.66. The molecule has 44 heavy (non-hydrogen) atoms. The van der Waals surface area contributed by atoms with Crippen molar-refractivity contribution in [2.75, 3.05) is 92.1 Å². The van der Waals surface area contributed by atoms with Crippen molar-refractivity contribution in [3.05, 3.63) is 47.5 Å². The monoisotopic (exact) mass is 608 g/mol. The zero-order valence-electron chi connectivity index (χ0n) is 26.0. The number of morpholine rings is 2. The second-order valence-electron chi connectivity index (χ2n) is 12.2. The average molecular weight is 609 g/mol. The van der Waals surface area contributed by atoms with Crippen LogP contribution in [0, 0.1) is 0 Å². The number of Topliss-reactive ketones (excluding diaryl/α,β-unsaturated/α-hetero) is 1. The minimum atomic E-state index is -0.195. The number of unbranched alkanes of at least 4 members (excludes halogenated alkanes) is 2. The molecule has 0 aliphatic carbocycles. The van der Waals surface area contributed by atoms with Crippen molar-refractivity contribution in [1.82, 2.24) is 9.80 Å². The number of hydrogen-bond donors (Lipinski definition) is 0. The van der Waals surface area contributed by atoms with E-state index >= 15 is 0 Å². The van der Waals surface area contributed by atoms with Crippen LogP contribution in [0.5, 0.6) is 23.0 Å². The highest BCUT2D eigenvalue weighted by molar-refractivity contribution is 5.93. The quantitative estimate of drug-likeness (QED) is 0.284. The van der Waals surface area contributed by atoms with Crippen LogP contribution in [-0.4, -0.2) is 108 Å². The lowest BCUT2D eigenvalue weighted by Gasteiger charge is -2.31. The fourth-order valence-electron chi connectivity index (χ4n) is 6.66. The summed E-state index contributed by atoms with van der Waals surface area (Å²) in [6.07, 6.45) is 5.58. The van der Waals surface area contributed by atoms with E-state index in [2.05, 4.69) is 9.80 Å². The maximum absolute atomic E-state index is 14.0. The summed E-state index contributed by atoms with van der Waals surface area (Å²) in [5, 5.41) is 0. The summed E-state index contributed by atoms with van der Waals surface area (Å²) in [6.45, 7) is 12.0. The predicted octanol–water partition coefficient (Wildman–Crippen LogP) is 4.67. The van der Waals surface area contributed by atoms with Crippen LogP contribution in [0.15, 0.2) is 36.4 Å². The normalized spacial score (nSPS) is 22.3. The molecule has 0 radical (unpaired) electrons. The molecule has 0 bridgehead atoms. The highest BCUT2D eigenvalue weighted by Gasteiger charge is 2.36. The van der Waals surface area contributed by atoms with Gasteiger partial charge in [-0.15, -0.1) is 0 Å². The standard InChI is InChI=1S/C35H48N2O7/c38-35(31-9-19-43-33-25-27(5-7-29(31)33)41-17-3-1-11-36-13-21-39-22-14-36)32-10-20-44-34-26-28(6-8-30(32)34)42-18-4-2-12-37-15-23-40-24-16-37/h5-8,25-26,31-32H,1-4,9-24H2. The molecule has 2 atom stereocenters. The number of rotatable bonds is 14. The highest BCUT2D eigenvalue weighted by atomic mass is 16.5. The Morgan fingerprint density at radius 2 is 1.09 bits per heavy atom. The van der Waals surface area contributed by atoms with Gasteiger partial charge in [0.2, 0.25) is 0 Å². The summed E-state index contributed by atoms with van der Waals surface area (Å²) >= 11 is 0. The molecule has 2 aromatic rings. The number of benzene rings is 2.